The Labute approximate surface area is 161 Å². The number of carbonyl (C=O) groups is 2. The average molecular weight is 377 g/mol. The Kier molecular flexibility index (Phi) is 9.13. The van der Waals surface area contributed by atoms with Gasteiger partial charge in [-0.05, 0) is 12.3 Å². The molecule has 0 bridgehead atoms. The topological polar surface area (TPSA) is 87.7 Å². The van der Waals surface area contributed by atoms with Crippen LogP contribution in [0.15, 0.2) is 18.6 Å². The minimum Gasteiger partial charge on any atom is -0.379 e. The maximum atomic E-state index is 12.8. The van der Waals surface area contributed by atoms with Crippen LogP contribution in [0.2, 0.25) is 0 Å². The van der Waals surface area contributed by atoms with E-state index in [0.717, 1.165) is 39.3 Å². The second kappa shape index (κ2) is 11.6. The molecule has 1 N–H and O–H groups in total. The summed E-state index contributed by atoms with van der Waals surface area (Å²) in [6, 6.07) is 0. The molecule has 8 heteroatoms. The lowest BCUT2D eigenvalue weighted by Gasteiger charge is -2.28. The Morgan fingerprint density at radius 1 is 1.26 bits per heavy atom. The highest BCUT2D eigenvalue weighted by atomic mass is 16.5. The number of morpholine rings is 1. The van der Waals surface area contributed by atoms with Gasteiger partial charge >= 0.3 is 0 Å². The Balaban J connectivity index is 1.87. The molecule has 1 saturated heterocycles. The predicted molar refractivity (Wildman–Crippen MR) is 102 cm³/mol. The highest BCUT2D eigenvalue weighted by Crippen LogP contribution is 2.05. The van der Waals surface area contributed by atoms with Crippen LogP contribution >= 0.6 is 0 Å². The third-order valence-electron chi connectivity index (χ3n) is 4.39. The molecule has 150 valence electrons. The summed E-state index contributed by atoms with van der Waals surface area (Å²) in [5, 5.41) is 2.90. The molecule has 0 aliphatic carbocycles. The molecule has 2 amide bonds. The van der Waals surface area contributed by atoms with Crippen LogP contribution in [0.1, 0.15) is 37.2 Å². The molecule has 0 radical (unpaired) electrons. The Bertz CT molecular complexity index is 576. The summed E-state index contributed by atoms with van der Waals surface area (Å²) in [5.74, 6) is 0.190. The Morgan fingerprint density at radius 2 is 2.04 bits per heavy atom. The lowest BCUT2D eigenvalue weighted by Crippen LogP contribution is -2.40. The van der Waals surface area contributed by atoms with Crippen LogP contribution in [-0.2, 0) is 9.53 Å². The van der Waals surface area contributed by atoms with E-state index in [1.54, 1.807) is 11.1 Å². The first-order valence-electron chi connectivity index (χ1n) is 9.68. The highest BCUT2D eigenvalue weighted by molar-refractivity contribution is 5.92. The van der Waals surface area contributed by atoms with E-state index < -0.39 is 0 Å². The highest BCUT2D eigenvalue weighted by Gasteiger charge is 2.19. The normalized spacial score (nSPS) is 14.9. The molecule has 2 rings (SSSR count). The zero-order chi connectivity index (χ0) is 19.5. The number of amides is 2. The van der Waals surface area contributed by atoms with E-state index in [9.17, 15) is 9.59 Å². The van der Waals surface area contributed by atoms with Gasteiger partial charge in [-0.3, -0.25) is 19.5 Å². The molecule has 1 aliphatic heterocycles. The first-order chi connectivity index (χ1) is 13.1. The molecule has 2 heterocycles. The van der Waals surface area contributed by atoms with Crippen molar-refractivity contribution in [3.63, 3.8) is 0 Å². The maximum Gasteiger partial charge on any atom is 0.274 e. The Hall–Kier alpha value is -2.06. The van der Waals surface area contributed by atoms with Crippen molar-refractivity contribution in [1.82, 2.24) is 25.1 Å². The SMILES string of the molecule is CC(C)CNC(=O)CCN(CCCN1CCOCC1)C(=O)c1cnccn1. The minimum absolute atomic E-state index is 0.0335. The van der Waals surface area contributed by atoms with Crippen molar-refractivity contribution in [2.24, 2.45) is 5.92 Å². The fourth-order valence-corrected chi connectivity index (χ4v) is 2.84. The summed E-state index contributed by atoms with van der Waals surface area (Å²) < 4.78 is 5.36. The van der Waals surface area contributed by atoms with Crippen molar-refractivity contribution in [2.45, 2.75) is 26.7 Å². The molecule has 8 nitrogen and oxygen atoms in total. The van der Waals surface area contributed by atoms with Gasteiger partial charge in [0.05, 0.1) is 19.4 Å². The minimum atomic E-state index is -0.179. The third kappa shape index (κ3) is 8.01. The van der Waals surface area contributed by atoms with E-state index in [2.05, 4.69) is 34.0 Å². The number of ether oxygens (including phenoxy) is 1. The molecule has 1 aliphatic rings. The first-order valence-corrected chi connectivity index (χ1v) is 9.68. The van der Waals surface area contributed by atoms with Crippen molar-refractivity contribution < 1.29 is 14.3 Å². The molecular formula is C19H31N5O3. The largest absolute Gasteiger partial charge is 0.379 e. The van der Waals surface area contributed by atoms with Crippen LogP contribution < -0.4 is 5.32 Å². The van der Waals surface area contributed by atoms with E-state index in [1.165, 1.54) is 12.4 Å². The van der Waals surface area contributed by atoms with Gasteiger partial charge in [0.1, 0.15) is 5.69 Å². The summed E-state index contributed by atoms with van der Waals surface area (Å²) in [7, 11) is 0. The summed E-state index contributed by atoms with van der Waals surface area (Å²) in [5.41, 5.74) is 0.312. The zero-order valence-electron chi connectivity index (χ0n) is 16.4. The van der Waals surface area contributed by atoms with E-state index in [-0.39, 0.29) is 18.2 Å². The maximum absolute atomic E-state index is 12.8. The van der Waals surface area contributed by atoms with Crippen molar-refractivity contribution >= 4 is 11.8 Å². The summed E-state index contributed by atoms with van der Waals surface area (Å²) in [6.45, 7) is 10.0. The Morgan fingerprint density at radius 3 is 2.70 bits per heavy atom. The van der Waals surface area contributed by atoms with Crippen LogP contribution in [0.25, 0.3) is 0 Å². The molecule has 1 fully saturated rings. The second-order valence-corrected chi connectivity index (χ2v) is 7.14. The van der Waals surface area contributed by atoms with Gasteiger partial charge < -0.3 is 15.0 Å². The quantitative estimate of drug-likeness (QED) is 0.649. The van der Waals surface area contributed by atoms with Gasteiger partial charge in [-0.1, -0.05) is 13.8 Å². The molecular weight excluding hydrogens is 346 g/mol. The fraction of sp³-hybridized carbons (Fsp3) is 0.684. The van der Waals surface area contributed by atoms with Gasteiger partial charge in [0, 0.05) is 58.1 Å². The van der Waals surface area contributed by atoms with E-state index in [0.29, 0.717) is 31.2 Å². The number of rotatable bonds is 10. The number of hydrogen-bond donors (Lipinski definition) is 1. The fourth-order valence-electron chi connectivity index (χ4n) is 2.84. The van der Waals surface area contributed by atoms with Crippen LogP contribution in [0, 0.1) is 5.92 Å². The summed E-state index contributed by atoms with van der Waals surface area (Å²) >= 11 is 0. The van der Waals surface area contributed by atoms with Gasteiger partial charge in [-0.15, -0.1) is 0 Å². The van der Waals surface area contributed by atoms with Crippen molar-refractivity contribution in [1.29, 1.82) is 0 Å². The predicted octanol–water partition coefficient (Wildman–Crippen LogP) is 0.803. The molecule has 0 spiro atoms. The summed E-state index contributed by atoms with van der Waals surface area (Å²) in [6.07, 6.45) is 5.65. The average Bonchev–Trinajstić information content (AvgIpc) is 2.70. The van der Waals surface area contributed by atoms with Crippen molar-refractivity contribution in [3.8, 4) is 0 Å². The smallest absolute Gasteiger partial charge is 0.274 e. The van der Waals surface area contributed by atoms with Crippen LogP contribution in [0.3, 0.4) is 0 Å². The monoisotopic (exact) mass is 377 g/mol. The molecule has 0 saturated carbocycles. The van der Waals surface area contributed by atoms with Gasteiger partial charge in [-0.2, -0.15) is 0 Å². The van der Waals surface area contributed by atoms with E-state index >= 15 is 0 Å². The molecule has 0 unspecified atom stereocenters. The number of hydrogen-bond acceptors (Lipinski definition) is 6. The standard InChI is InChI=1S/C19H31N5O3/c1-16(2)14-22-18(25)4-9-24(19(26)17-15-20-5-6-21-17)8-3-7-23-10-12-27-13-11-23/h5-6,15-16H,3-4,7-14H2,1-2H3,(H,22,25). The van der Waals surface area contributed by atoms with Crippen LogP contribution in [0.4, 0.5) is 0 Å². The number of aromatic nitrogens is 2. The van der Waals surface area contributed by atoms with Gasteiger partial charge in [0.25, 0.3) is 5.91 Å². The first kappa shape index (κ1) is 21.2. The van der Waals surface area contributed by atoms with Crippen LogP contribution in [-0.4, -0.2) is 84.1 Å². The number of nitrogens with zero attached hydrogens (tertiary/aromatic N) is 4. The zero-order valence-corrected chi connectivity index (χ0v) is 16.4. The lowest BCUT2D eigenvalue weighted by molar-refractivity contribution is -0.121. The number of nitrogens with one attached hydrogen (secondary N) is 1. The van der Waals surface area contributed by atoms with E-state index in [1.807, 2.05) is 0 Å². The molecule has 1 aromatic heterocycles. The molecule has 27 heavy (non-hydrogen) atoms. The van der Waals surface area contributed by atoms with Gasteiger partial charge in [0.2, 0.25) is 5.91 Å². The summed E-state index contributed by atoms with van der Waals surface area (Å²) in [4.78, 5) is 36.9. The third-order valence-corrected chi connectivity index (χ3v) is 4.39. The van der Waals surface area contributed by atoms with Crippen molar-refractivity contribution in [3.05, 3.63) is 24.3 Å². The number of carbonyl (C=O) groups excluding carboxylic acids is 2. The molecule has 0 aromatic carbocycles. The van der Waals surface area contributed by atoms with E-state index in [4.69, 9.17) is 4.74 Å². The second-order valence-electron chi connectivity index (χ2n) is 7.14. The molecule has 0 atom stereocenters. The van der Waals surface area contributed by atoms with Crippen molar-refractivity contribution in [2.75, 3.05) is 52.5 Å². The van der Waals surface area contributed by atoms with Gasteiger partial charge in [-0.25, -0.2) is 4.98 Å². The van der Waals surface area contributed by atoms with Gasteiger partial charge in [0.15, 0.2) is 0 Å². The molecule has 1 aromatic rings. The lowest BCUT2D eigenvalue weighted by atomic mass is 10.2. The van der Waals surface area contributed by atoms with Crippen LogP contribution in [0.5, 0.6) is 0 Å².